The quantitative estimate of drug-likeness (QED) is 0.107. The second-order valence-electron chi connectivity index (χ2n) is 7.26. The van der Waals surface area contributed by atoms with Gasteiger partial charge in [0, 0.05) is 22.8 Å². The lowest BCUT2D eigenvalue weighted by Crippen LogP contribution is -2.58. The molecule has 1 heterocycles. The number of unbranched alkanes of at least 4 members (excludes halogenated alkanes) is 1. The Morgan fingerprint density at radius 2 is 1.82 bits per heavy atom. The van der Waals surface area contributed by atoms with Gasteiger partial charge in [0.1, 0.15) is 36.5 Å². The fraction of sp³-hybridized carbons (Fsp3) is 0.579. The fourth-order valence-electron chi connectivity index (χ4n) is 2.94. The number of thioether (sulfide) groups is 1. The average Bonchev–Trinajstić information content (AvgIpc) is 2.75. The van der Waals surface area contributed by atoms with Gasteiger partial charge < -0.3 is 24.8 Å². The third-order valence-corrected chi connectivity index (χ3v) is 7.22. The Kier molecular flexibility index (Phi) is 10.9. The third kappa shape index (κ3) is 9.41. The molecule has 33 heavy (non-hydrogen) atoms. The van der Waals surface area contributed by atoms with E-state index < -0.39 is 63.5 Å². The van der Waals surface area contributed by atoms with Crippen molar-refractivity contribution >= 4 is 43.9 Å². The van der Waals surface area contributed by atoms with Gasteiger partial charge in [0.2, 0.25) is 0 Å². The molecule has 186 valence electrons. The lowest BCUT2D eigenvalue weighted by molar-refractivity contribution is -0.205. The Hall–Kier alpha value is -1.39. The molecule has 14 heteroatoms. The summed E-state index contributed by atoms with van der Waals surface area (Å²) in [5.41, 5.74) is -1.01. The number of hydrogen-bond acceptors (Lipinski definition) is 10. The number of aliphatic hydroxyl groups excluding tert-OH is 3. The van der Waals surface area contributed by atoms with Gasteiger partial charge in [-0.25, -0.2) is 4.79 Å². The van der Waals surface area contributed by atoms with Gasteiger partial charge in [-0.15, -0.1) is 4.40 Å². The third-order valence-electron chi connectivity index (χ3n) is 4.60. The van der Waals surface area contributed by atoms with Crippen molar-refractivity contribution in [3.63, 3.8) is 0 Å². The Morgan fingerprint density at radius 1 is 1.15 bits per heavy atom. The number of aliphatic hydroxyl groups is 3. The molecule has 4 N–H and O–H groups in total. The van der Waals surface area contributed by atoms with Crippen molar-refractivity contribution in [2.24, 2.45) is 4.40 Å². The van der Waals surface area contributed by atoms with Crippen molar-refractivity contribution in [1.29, 1.82) is 0 Å². The highest BCUT2D eigenvalue weighted by Gasteiger charge is 2.45. The number of ether oxygens (including phenoxy) is 2. The van der Waals surface area contributed by atoms with Crippen LogP contribution in [0.25, 0.3) is 0 Å². The molecule has 0 amide bonds. The summed E-state index contributed by atoms with van der Waals surface area (Å²) in [5, 5.41) is 30.6. The summed E-state index contributed by atoms with van der Waals surface area (Å²) in [7, 11) is -5.77. The van der Waals surface area contributed by atoms with Crippen LogP contribution >= 0.6 is 11.8 Å². The lowest BCUT2D eigenvalue weighted by Gasteiger charge is -2.40. The van der Waals surface area contributed by atoms with E-state index in [2.05, 4.69) is 4.40 Å². The second-order valence-corrected chi connectivity index (χ2v) is 11.1. The molecule has 6 atom stereocenters. The van der Waals surface area contributed by atoms with Crippen molar-refractivity contribution in [3.05, 3.63) is 35.9 Å². The monoisotopic (exact) mass is 525 g/mol. The van der Waals surface area contributed by atoms with Gasteiger partial charge in [-0.2, -0.15) is 8.42 Å². The zero-order valence-corrected chi connectivity index (χ0v) is 20.2. The van der Waals surface area contributed by atoms with Gasteiger partial charge in [-0.3, -0.25) is 8.76 Å². The highest BCUT2D eigenvalue weighted by atomic mass is 32.2. The standard InChI is InChI=1S/C19H27NO10S3/c1-32(25)10-6-5-9-14(20-33(26,27)28)31-19-17(23)16(22)15(21)13(30-19)11-29-18(24)12-7-3-2-4-8-12/h2-4,7-8,13,15-17,19,21-23H,5-6,9-11H2,1H3,(H,26,27,28)/b20-14+/t13-,15-,16+,17-,19+,32?/m1/s1. The van der Waals surface area contributed by atoms with Gasteiger partial charge in [-0.1, -0.05) is 30.0 Å². The zero-order valence-electron chi connectivity index (χ0n) is 17.7. The molecule has 0 aromatic heterocycles. The molecule has 1 unspecified atom stereocenters. The maximum Gasteiger partial charge on any atom is 0.379 e. The molecule has 1 aliphatic heterocycles. The normalized spacial score (nSPS) is 27.2. The topological polar surface area (TPSA) is 180 Å². The van der Waals surface area contributed by atoms with Crippen LogP contribution in [0.2, 0.25) is 0 Å². The lowest BCUT2D eigenvalue weighted by atomic mass is 10.0. The van der Waals surface area contributed by atoms with Crippen molar-refractivity contribution < 1.29 is 46.8 Å². The molecule has 1 aromatic rings. The van der Waals surface area contributed by atoms with E-state index in [0.29, 0.717) is 30.4 Å². The van der Waals surface area contributed by atoms with Crippen LogP contribution < -0.4 is 0 Å². The van der Waals surface area contributed by atoms with Crippen LogP contribution in [-0.4, -0.2) is 92.0 Å². The van der Waals surface area contributed by atoms with E-state index in [1.54, 1.807) is 18.2 Å². The molecule has 1 aromatic carbocycles. The smallest absolute Gasteiger partial charge is 0.379 e. The molecule has 2 rings (SSSR count). The van der Waals surface area contributed by atoms with Crippen molar-refractivity contribution in [1.82, 2.24) is 0 Å². The number of carbonyl (C=O) groups is 1. The van der Waals surface area contributed by atoms with Gasteiger partial charge in [0.05, 0.1) is 10.6 Å². The van der Waals surface area contributed by atoms with Crippen molar-refractivity contribution in [3.8, 4) is 0 Å². The molecular weight excluding hydrogens is 498 g/mol. The number of rotatable bonds is 10. The summed E-state index contributed by atoms with van der Waals surface area (Å²) in [4.78, 5) is 12.1. The highest BCUT2D eigenvalue weighted by molar-refractivity contribution is 8.14. The first-order valence-electron chi connectivity index (χ1n) is 9.92. The fourth-order valence-corrected chi connectivity index (χ4v) is 5.38. The van der Waals surface area contributed by atoms with Crippen LogP contribution in [0, 0.1) is 0 Å². The van der Waals surface area contributed by atoms with Crippen LogP contribution in [0.15, 0.2) is 34.7 Å². The first kappa shape index (κ1) is 27.9. The molecule has 1 saturated heterocycles. The predicted molar refractivity (Wildman–Crippen MR) is 123 cm³/mol. The van der Waals surface area contributed by atoms with E-state index in [9.17, 15) is 32.7 Å². The summed E-state index contributed by atoms with van der Waals surface area (Å²) in [6.07, 6.45) is -3.60. The highest BCUT2D eigenvalue weighted by Crippen LogP contribution is 2.31. The minimum atomic E-state index is -4.75. The zero-order chi connectivity index (χ0) is 24.6. The van der Waals surface area contributed by atoms with Gasteiger partial charge in [-0.05, 0) is 31.4 Å². The number of carbonyl (C=O) groups excluding carboxylic acids is 1. The van der Waals surface area contributed by atoms with E-state index in [1.807, 2.05) is 0 Å². The molecular formula is C19H27NO10S3. The van der Waals surface area contributed by atoms with Crippen molar-refractivity contribution in [2.45, 2.75) is 49.1 Å². The Morgan fingerprint density at radius 3 is 2.42 bits per heavy atom. The van der Waals surface area contributed by atoms with Gasteiger partial charge in [0.15, 0.2) is 0 Å². The minimum Gasteiger partial charge on any atom is -0.459 e. The number of esters is 1. The minimum absolute atomic E-state index is 0.0700. The first-order valence-corrected chi connectivity index (χ1v) is 13.9. The van der Waals surface area contributed by atoms with E-state index >= 15 is 0 Å². The Bertz CT molecular complexity index is 940. The Balaban J connectivity index is 2.06. The van der Waals surface area contributed by atoms with Crippen LogP contribution in [0.1, 0.15) is 29.6 Å². The molecule has 0 bridgehead atoms. The molecule has 0 radical (unpaired) electrons. The molecule has 1 aliphatic rings. The van der Waals surface area contributed by atoms with E-state index in [-0.39, 0.29) is 17.0 Å². The van der Waals surface area contributed by atoms with Crippen LogP contribution in [0.3, 0.4) is 0 Å². The Labute approximate surface area is 198 Å². The number of hydrogen-bond donors (Lipinski definition) is 4. The second kappa shape index (κ2) is 12.9. The maximum atomic E-state index is 12.1. The predicted octanol–water partition coefficient (Wildman–Crippen LogP) is 0.134. The van der Waals surface area contributed by atoms with Crippen LogP contribution in [0.5, 0.6) is 0 Å². The molecule has 0 aliphatic carbocycles. The summed E-state index contributed by atoms with van der Waals surface area (Å²) >= 11 is 0.651. The first-order chi connectivity index (χ1) is 15.5. The van der Waals surface area contributed by atoms with Crippen LogP contribution in [-0.2, 0) is 30.6 Å². The van der Waals surface area contributed by atoms with E-state index in [0.717, 1.165) is 0 Å². The van der Waals surface area contributed by atoms with Crippen LogP contribution in [0.4, 0.5) is 0 Å². The largest absolute Gasteiger partial charge is 0.459 e. The van der Waals surface area contributed by atoms with E-state index in [1.165, 1.54) is 18.4 Å². The molecule has 11 nitrogen and oxygen atoms in total. The summed E-state index contributed by atoms with van der Waals surface area (Å²) < 4.78 is 56.8. The van der Waals surface area contributed by atoms with Gasteiger partial charge in [0.25, 0.3) is 0 Å². The summed E-state index contributed by atoms with van der Waals surface area (Å²) in [6, 6.07) is 8.07. The summed E-state index contributed by atoms with van der Waals surface area (Å²) in [5.74, 6) is -0.287. The van der Waals surface area contributed by atoms with Gasteiger partial charge >= 0.3 is 16.3 Å². The SMILES string of the molecule is CS(=O)CCCC/C(=N\S(=O)(=O)O)S[C@@H]1O[C@H](COC(=O)c2ccccc2)[C@@H](O)[C@H](O)[C@H]1O. The van der Waals surface area contributed by atoms with Crippen molar-refractivity contribution in [2.75, 3.05) is 18.6 Å². The molecule has 0 spiro atoms. The number of nitrogens with zero attached hydrogens (tertiary/aromatic N) is 1. The summed E-state index contributed by atoms with van der Waals surface area (Å²) in [6.45, 7) is -0.442. The average molecular weight is 526 g/mol. The van der Waals surface area contributed by atoms with E-state index in [4.69, 9.17) is 14.0 Å². The molecule has 0 saturated carbocycles. The number of benzene rings is 1. The molecule has 1 fully saturated rings. The maximum absolute atomic E-state index is 12.1.